The summed E-state index contributed by atoms with van der Waals surface area (Å²) in [5.74, 6) is 1.72. The number of nitrogens with zero attached hydrogens (tertiary/aromatic N) is 4. The highest BCUT2D eigenvalue weighted by Gasteiger charge is 2.33. The molecule has 31 heavy (non-hydrogen) atoms. The number of rotatable bonds is 2. The molecule has 0 fully saturated rings. The lowest BCUT2D eigenvalue weighted by atomic mass is 9.84. The van der Waals surface area contributed by atoms with Crippen LogP contribution >= 0.6 is 0 Å². The van der Waals surface area contributed by atoms with E-state index in [0.29, 0.717) is 23.1 Å². The van der Waals surface area contributed by atoms with Crippen LogP contribution in [0.1, 0.15) is 28.2 Å². The minimum Gasteiger partial charge on any atom is -0.508 e. The number of hydrogen-bond donors (Lipinski definition) is 1. The predicted molar refractivity (Wildman–Crippen MR) is 117 cm³/mol. The standard InChI is InChI=1S/C25H18N4O2/c1-15-7-5-6-10-18(15)23-27-24-22-21(16-8-3-2-4-9-16)19-12-11-17(30)13-20(19)31-25(22)26-14-29(24)28-23/h2-14,21,30H,1H3/t21-/m0/s1. The third-order valence-electron chi connectivity index (χ3n) is 5.71. The maximum atomic E-state index is 9.99. The van der Waals surface area contributed by atoms with Crippen LogP contribution < -0.4 is 4.74 Å². The number of fused-ring (bicyclic) bond motifs is 4. The molecular formula is C25H18N4O2. The summed E-state index contributed by atoms with van der Waals surface area (Å²) in [6, 6.07) is 23.5. The van der Waals surface area contributed by atoms with Crippen molar-refractivity contribution in [1.82, 2.24) is 19.6 Å². The van der Waals surface area contributed by atoms with Crippen molar-refractivity contribution in [3.63, 3.8) is 0 Å². The van der Waals surface area contributed by atoms with Crippen LogP contribution in [0.15, 0.2) is 79.1 Å². The second-order valence-corrected chi connectivity index (χ2v) is 7.65. The lowest BCUT2D eigenvalue weighted by Gasteiger charge is -2.27. The molecular weight excluding hydrogens is 388 g/mol. The lowest BCUT2D eigenvalue weighted by molar-refractivity contribution is 0.422. The SMILES string of the molecule is Cc1ccccc1-c1nc2c3c(ncn2n1)Oc1cc(O)ccc1[C@@H]3c1ccccc1. The fourth-order valence-electron chi connectivity index (χ4n) is 4.23. The molecule has 0 radical (unpaired) electrons. The van der Waals surface area contributed by atoms with E-state index in [9.17, 15) is 5.11 Å². The molecule has 0 saturated heterocycles. The fraction of sp³-hybridized carbons (Fsp3) is 0.0800. The molecule has 1 aliphatic rings. The zero-order valence-corrected chi connectivity index (χ0v) is 16.7. The van der Waals surface area contributed by atoms with Crippen LogP contribution in [0.2, 0.25) is 0 Å². The Kier molecular flexibility index (Phi) is 3.80. The number of aromatic nitrogens is 4. The first-order valence-electron chi connectivity index (χ1n) is 10.1. The van der Waals surface area contributed by atoms with Crippen LogP contribution in [0.4, 0.5) is 0 Å². The van der Waals surface area contributed by atoms with Gasteiger partial charge in [0.2, 0.25) is 5.88 Å². The van der Waals surface area contributed by atoms with Gasteiger partial charge in [0.05, 0.1) is 5.56 Å². The van der Waals surface area contributed by atoms with Crippen molar-refractivity contribution in [3.8, 4) is 28.8 Å². The number of hydrogen-bond acceptors (Lipinski definition) is 5. The topological polar surface area (TPSA) is 72.5 Å². The van der Waals surface area contributed by atoms with E-state index in [0.717, 1.165) is 27.8 Å². The molecule has 6 heteroatoms. The summed E-state index contributed by atoms with van der Waals surface area (Å²) in [6.07, 6.45) is 1.62. The largest absolute Gasteiger partial charge is 0.508 e. The molecule has 150 valence electrons. The Bertz CT molecular complexity index is 1440. The Balaban J connectivity index is 1.63. The van der Waals surface area contributed by atoms with E-state index in [4.69, 9.17) is 14.8 Å². The number of ether oxygens (including phenoxy) is 1. The highest BCUT2D eigenvalue weighted by molar-refractivity contribution is 5.69. The molecule has 0 saturated carbocycles. The van der Waals surface area contributed by atoms with Gasteiger partial charge >= 0.3 is 0 Å². The van der Waals surface area contributed by atoms with Crippen LogP contribution in [-0.4, -0.2) is 24.7 Å². The molecule has 3 heterocycles. The molecule has 1 atom stereocenters. The van der Waals surface area contributed by atoms with Crippen LogP contribution in [0.5, 0.6) is 17.4 Å². The smallest absolute Gasteiger partial charge is 0.228 e. The molecule has 0 unspecified atom stereocenters. The molecule has 3 aromatic carbocycles. The van der Waals surface area contributed by atoms with Crippen LogP contribution in [0, 0.1) is 6.92 Å². The summed E-state index contributed by atoms with van der Waals surface area (Å²) in [4.78, 5) is 9.44. The van der Waals surface area contributed by atoms with Gasteiger partial charge in [0.1, 0.15) is 17.8 Å². The summed E-state index contributed by atoms with van der Waals surface area (Å²) in [5, 5.41) is 14.7. The lowest BCUT2D eigenvalue weighted by Crippen LogP contribution is -2.14. The zero-order valence-electron chi connectivity index (χ0n) is 16.7. The Labute approximate surface area is 178 Å². The van der Waals surface area contributed by atoms with E-state index in [1.54, 1.807) is 23.0 Å². The molecule has 0 amide bonds. The molecule has 0 bridgehead atoms. The number of benzene rings is 3. The van der Waals surface area contributed by atoms with E-state index in [1.165, 1.54) is 0 Å². The van der Waals surface area contributed by atoms with Crippen molar-refractivity contribution in [3.05, 3.63) is 101 Å². The maximum Gasteiger partial charge on any atom is 0.228 e. The molecule has 1 N–H and O–H groups in total. The highest BCUT2D eigenvalue weighted by atomic mass is 16.5. The van der Waals surface area contributed by atoms with Gasteiger partial charge in [-0.25, -0.2) is 14.5 Å². The first kappa shape index (κ1) is 17.7. The minimum atomic E-state index is -0.148. The predicted octanol–water partition coefficient (Wildman–Crippen LogP) is 5.09. The first-order valence-corrected chi connectivity index (χ1v) is 10.1. The van der Waals surface area contributed by atoms with Gasteiger partial charge < -0.3 is 9.84 Å². The van der Waals surface area contributed by atoms with E-state index in [1.807, 2.05) is 55.5 Å². The average molecular weight is 406 g/mol. The molecule has 0 spiro atoms. The van der Waals surface area contributed by atoms with E-state index in [2.05, 4.69) is 17.1 Å². The normalized spacial score (nSPS) is 14.7. The summed E-state index contributed by atoms with van der Waals surface area (Å²) < 4.78 is 7.82. The highest BCUT2D eigenvalue weighted by Crippen LogP contribution is 2.48. The summed E-state index contributed by atoms with van der Waals surface area (Å²) >= 11 is 0. The van der Waals surface area contributed by atoms with Crippen LogP contribution in [0.3, 0.4) is 0 Å². The quantitative estimate of drug-likeness (QED) is 0.434. The van der Waals surface area contributed by atoms with Crippen molar-refractivity contribution < 1.29 is 9.84 Å². The second-order valence-electron chi connectivity index (χ2n) is 7.65. The van der Waals surface area contributed by atoms with Gasteiger partial charge in [0, 0.05) is 23.1 Å². The zero-order chi connectivity index (χ0) is 20.9. The molecule has 1 aliphatic heterocycles. The summed E-state index contributed by atoms with van der Waals surface area (Å²) in [6.45, 7) is 2.05. The van der Waals surface area contributed by atoms with Crippen molar-refractivity contribution >= 4 is 5.65 Å². The monoisotopic (exact) mass is 406 g/mol. The molecule has 0 aliphatic carbocycles. The molecule has 6 nitrogen and oxygen atoms in total. The summed E-state index contributed by atoms with van der Waals surface area (Å²) in [7, 11) is 0. The Morgan fingerprint density at radius 1 is 0.968 bits per heavy atom. The van der Waals surface area contributed by atoms with Gasteiger partial charge in [-0.05, 0) is 24.1 Å². The first-order chi connectivity index (χ1) is 15.2. The van der Waals surface area contributed by atoms with Gasteiger partial charge in [-0.1, -0.05) is 60.7 Å². The van der Waals surface area contributed by atoms with E-state index >= 15 is 0 Å². The molecule has 5 aromatic rings. The fourth-order valence-corrected chi connectivity index (χ4v) is 4.23. The second kappa shape index (κ2) is 6.67. The molecule has 2 aromatic heterocycles. The number of aromatic hydroxyl groups is 1. The average Bonchev–Trinajstić information content (AvgIpc) is 3.22. The van der Waals surface area contributed by atoms with Gasteiger partial charge in [-0.2, -0.15) is 0 Å². The Hall–Kier alpha value is -4.19. The van der Waals surface area contributed by atoms with Gasteiger partial charge in [-0.3, -0.25) is 0 Å². The molecule has 6 rings (SSSR count). The Morgan fingerprint density at radius 2 is 1.77 bits per heavy atom. The maximum absolute atomic E-state index is 9.99. The van der Waals surface area contributed by atoms with Gasteiger partial charge in [0.15, 0.2) is 11.5 Å². The van der Waals surface area contributed by atoms with E-state index in [-0.39, 0.29) is 11.7 Å². The van der Waals surface area contributed by atoms with Gasteiger partial charge in [0.25, 0.3) is 0 Å². The summed E-state index contributed by atoms with van der Waals surface area (Å²) in [5.41, 5.74) is 5.70. The van der Waals surface area contributed by atoms with Crippen molar-refractivity contribution in [1.29, 1.82) is 0 Å². The van der Waals surface area contributed by atoms with Crippen LogP contribution in [0.25, 0.3) is 17.0 Å². The van der Waals surface area contributed by atoms with Crippen molar-refractivity contribution in [2.45, 2.75) is 12.8 Å². The number of aryl methyl sites for hydroxylation is 1. The number of phenols is 1. The minimum absolute atomic E-state index is 0.148. The van der Waals surface area contributed by atoms with Crippen LogP contribution in [-0.2, 0) is 0 Å². The van der Waals surface area contributed by atoms with E-state index < -0.39 is 0 Å². The van der Waals surface area contributed by atoms with Crippen molar-refractivity contribution in [2.24, 2.45) is 0 Å². The number of phenolic OH excluding ortho intramolecular Hbond substituents is 1. The van der Waals surface area contributed by atoms with Crippen molar-refractivity contribution in [2.75, 3.05) is 0 Å². The third-order valence-corrected chi connectivity index (χ3v) is 5.71. The Morgan fingerprint density at radius 3 is 2.61 bits per heavy atom. The third kappa shape index (κ3) is 2.76. The van der Waals surface area contributed by atoms with Gasteiger partial charge in [-0.15, -0.1) is 5.10 Å².